The summed E-state index contributed by atoms with van der Waals surface area (Å²) in [7, 11) is 2.82. The fourth-order valence-corrected chi connectivity index (χ4v) is 2.97. The number of nitrogens with zero attached hydrogens (tertiary/aromatic N) is 4. The highest BCUT2D eigenvalue weighted by Gasteiger charge is 2.35. The smallest absolute Gasteiger partial charge is 0.321 e. The van der Waals surface area contributed by atoms with Crippen LogP contribution in [0.25, 0.3) is 11.3 Å². The summed E-state index contributed by atoms with van der Waals surface area (Å²) in [5.74, 6) is -1.41. The number of rotatable bonds is 3. The second-order valence-electron chi connectivity index (χ2n) is 6.06. The normalized spacial score (nSPS) is 11.7. The van der Waals surface area contributed by atoms with E-state index in [1.54, 1.807) is 6.92 Å². The Balaban J connectivity index is 1.89. The minimum absolute atomic E-state index is 0.0481. The van der Waals surface area contributed by atoms with Crippen LogP contribution in [0.2, 0.25) is 5.02 Å². The molecule has 28 heavy (non-hydrogen) atoms. The molecule has 3 aromatic rings. The minimum atomic E-state index is -4.64. The first-order valence-corrected chi connectivity index (χ1v) is 8.28. The van der Waals surface area contributed by atoms with Crippen molar-refractivity contribution < 1.29 is 22.4 Å². The Bertz CT molecular complexity index is 1070. The molecule has 0 spiro atoms. The summed E-state index contributed by atoms with van der Waals surface area (Å²) >= 11 is 6.05. The molecule has 0 aliphatic rings. The van der Waals surface area contributed by atoms with Crippen molar-refractivity contribution in [1.29, 1.82) is 0 Å². The minimum Gasteiger partial charge on any atom is -0.321 e. The van der Waals surface area contributed by atoms with E-state index < -0.39 is 23.6 Å². The van der Waals surface area contributed by atoms with E-state index in [0.717, 1.165) is 16.8 Å². The Morgan fingerprint density at radius 3 is 2.32 bits per heavy atom. The number of halogens is 5. The third kappa shape index (κ3) is 3.59. The molecule has 148 valence electrons. The van der Waals surface area contributed by atoms with E-state index >= 15 is 0 Å². The summed E-state index contributed by atoms with van der Waals surface area (Å²) in [4.78, 5) is 12.4. The summed E-state index contributed by atoms with van der Waals surface area (Å²) in [5, 5.41) is 10.1. The predicted molar refractivity (Wildman–Crippen MR) is 94.5 cm³/mol. The van der Waals surface area contributed by atoms with Crippen LogP contribution in [0.3, 0.4) is 0 Å². The lowest BCUT2D eigenvalue weighted by atomic mass is 10.1. The van der Waals surface area contributed by atoms with E-state index in [9.17, 15) is 22.4 Å². The average molecular weight is 416 g/mol. The Labute approximate surface area is 161 Å². The fraction of sp³-hybridized carbons (Fsp3) is 0.235. The van der Waals surface area contributed by atoms with Gasteiger partial charge in [-0.1, -0.05) is 11.6 Å². The Morgan fingerprint density at radius 2 is 1.82 bits per heavy atom. The average Bonchev–Trinajstić information content (AvgIpc) is 3.07. The summed E-state index contributed by atoms with van der Waals surface area (Å²) in [6.45, 7) is 1.64. The SMILES string of the molecule is Cc1nn(C)c(C(=O)Nc2ccc(-c3cc(C(F)(F)F)nn3C)c(F)c2)c1Cl. The quantitative estimate of drug-likeness (QED) is 0.652. The number of aromatic nitrogens is 4. The summed E-state index contributed by atoms with van der Waals surface area (Å²) in [6.07, 6.45) is -4.64. The van der Waals surface area contributed by atoms with E-state index in [-0.39, 0.29) is 27.7 Å². The number of amides is 1. The van der Waals surface area contributed by atoms with Crippen LogP contribution in [0, 0.1) is 12.7 Å². The fourth-order valence-electron chi connectivity index (χ4n) is 2.73. The van der Waals surface area contributed by atoms with Crippen molar-refractivity contribution in [3.63, 3.8) is 0 Å². The standard InChI is InChI=1S/C17H14ClF4N5O/c1-8-14(18)15(27(3)24-8)16(28)23-9-4-5-10(11(19)6-9)12-7-13(17(20,21)22)25-26(12)2/h4-7H,1-3H3,(H,23,28). The van der Waals surface area contributed by atoms with Gasteiger partial charge in [-0.2, -0.15) is 23.4 Å². The zero-order valence-electron chi connectivity index (χ0n) is 14.9. The van der Waals surface area contributed by atoms with Gasteiger partial charge in [0.25, 0.3) is 5.91 Å². The first-order valence-electron chi connectivity index (χ1n) is 7.90. The number of hydrogen-bond acceptors (Lipinski definition) is 3. The predicted octanol–water partition coefficient (Wildman–Crippen LogP) is 4.19. The van der Waals surface area contributed by atoms with Crippen molar-refractivity contribution in [2.45, 2.75) is 13.1 Å². The highest BCUT2D eigenvalue weighted by Crippen LogP contribution is 2.33. The zero-order chi connectivity index (χ0) is 20.8. The molecule has 0 saturated carbocycles. The molecule has 0 bridgehead atoms. The molecule has 0 fully saturated rings. The molecule has 0 saturated heterocycles. The Kier molecular flexibility index (Phi) is 4.92. The zero-order valence-corrected chi connectivity index (χ0v) is 15.7. The van der Waals surface area contributed by atoms with E-state index in [0.29, 0.717) is 5.69 Å². The van der Waals surface area contributed by atoms with E-state index in [4.69, 9.17) is 11.6 Å². The van der Waals surface area contributed by atoms with Gasteiger partial charge in [0.1, 0.15) is 11.5 Å². The lowest BCUT2D eigenvalue weighted by Gasteiger charge is -2.09. The van der Waals surface area contributed by atoms with Crippen LogP contribution >= 0.6 is 11.6 Å². The molecule has 2 heterocycles. The van der Waals surface area contributed by atoms with Crippen molar-refractivity contribution in [2.24, 2.45) is 14.1 Å². The van der Waals surface area contributed by atoms with E-state index in [1.165, 1.54) is 30.9 Å². The second-order valence-corrected chi connectivity index (χ2v) is 6.43. The van der Waals surface area contributed by atoms with Gasteiger partial charge in [0.05, 0.1) is 16.4 Å². The van der Waals surface area contributed by atoms with Gasteiger partial charge in [0.2, 0.25) is 0 Å². The first-order chi connectivity index (χ1) is 13.0. The molecule has 0 aliphatic heterocycles. The topological polar surface area (TPSA) is 64.7 Å². The van der Waals surface area contributed by atoms with Crippen molar-refractivity contribution in [1.82, 2.24) is 19.6 Å². The molecule has 1 amide bonds. The first kappa shape index (κ1) is 19.9. The van der Waals surface area contributed by atoms with Crippen molar-refractivity contribution >= 4 is 23.2 Å². The van der Waals surface area contributed by atoms with Gasteiger partial charge in [-0.05, 0) is 31.2 Å². The van der Waals surface area contributed by atoms with Crippen LogP contribution in [-0.4, -0.2) is 25.5 Å². The monoisotopic (exact) mass is 415 g/mol. The summed E-state index contributed by atoms with van der Waals surface area (Å²) in [6, 6.07) is 4.39. The van der Waals surface area contributed by atoms with Crippen LogP contribution < -0.4 is 5.32 Å². The molecular weight excluding hydrogens is 402 g/mol. The molecular formula is C17H14ClF4N5O. The highest BCUT2D eigenvalue weighted by molar-refractivity contribution is 6.34. The molecule has 2 aromatic heterocycles. The molecule has 0 atom stereocenters. The van der Waals surface area contributed by atoms with Crippen molar-refractivity contribution in [3.05, 3.63) is 52.2 Å². The van der Waals surface area contributed by atoms with Gasteiger partial charge in [0.15, 0.2) is 5.69 Å². The Morgan fingerprint density at radius 1 is 1.14 bits per heavy atom. The van der Waals surface area contributed by atoms with Gasteiger partial charge >= 0.3 is 6.18 Å². The van der Waals surface area contributed by atoms with Crippen LogP contribution in [0.15, 0.2) is 24.3 Å². The summed E-state index contributed by atoms with van der Waals surface area (Å²) in [5.41, 5.74) is -0.578. The maximum atomic E-state index is 14.5. The largest absolute Gasteiger partial charge is 0.435 e. The van der Waals surface area contributed by atoms with E-state index in [1.807, 2.05) is 0 Å². The molecule has 0 aliphatic carbocycles. The molecule has 0 unspecified atom stereocenters. The number of alkyl halides is 3. The second kappa shape index (κ2) is 6.93. The van der Waals surface area contributed by atoms with Crippen LogP contribution in [0.4, 0.5) is 23.2 Å². The molecule has 6 nitrogen and oxygen atoms in total. The maximum Gasteiger partial charge on any atom is 0.435 e. The van der Waals surface area contributed by atoms with Crippen LogP contribution in [-0.2, 0) is 20.3 Å². The number of benzene rings is 1. The third-order valence-corrected chi connectivity index (χ3v) is 4.49. The van der Waals surface area contributed by atoms with Gasteiger partial charge in [0, 0.05) is 25.3 Å². The maximum absolute atomic E-state index is 14.5. The number of carbonyl (C=O) groups excluding carboxylic acids is 1. The van der Waals surface area contributed by atoms with Gasteiger partial charge < -0.3 is 5.32 Å². The highest BCUT2D eigenvalue weighted by atomic mass is 35.5. The molecule has 1 aromatic carbocycles. The lowest BCUT2D eigenvalue weighted by molar-refractivity contribution is -0.141. The van der Waals surface area contributed by atoms with Crippen LogP contribution in [0.1, 0.15) is 21.9 Å². The number of aryl methyl sites for hydroxylation is 3. The van der Waals surface area contributed by atoms with E-state index in [2.05, 4.69) is 15.5 Å². The number of nitrogens with one attached hydrogen (secondary N) is 1. The van der Waals surface area contributed by atoms with Gasteiger partial charge in [-0.3, -0.25) is 14.2 Å². The third-order valence-electron chi connectivity index (χ3n) is 4.04. The summed E-state index contributed by atoms with van der Waals surface area (Å²) < 4.78 is 55.2. The van der Waals surface area contributed by atoms with Crippen molar-refractivity contribution in [3.8, 4) is 11.3 Å². The molecule has 11 heteroatoms. The molecule has 3 rings (SSSR count). The molecule has 1 N–H and O–H groups in total. The van der Waals surface area contributed by atoms with Gasteiger partial charge in [-0.15, -0.1) is 0 Å². The number of hydrogen-bond donors (Lipinski definition) is 1. The van der Waals surface area contributed by atoms with Gasteiger partial charge in [-0.25, -0.2) is 4.39 Å². The number of anilines is 1. The Hall–Kier alpha value is -2.88. The number of carbonyl (C=O) groups is 1. The lowest BCUT2D eigenvalue weighted by Crippen LogP contribution is -2.16. The molecule has 0 radical (unpaired) electrons. The van der Waals surface area contributed by atoms with Crippen molar-refractivity contribution in [2.75, 3.05) is 5.32 Å². The van der Waals surface area contributed by atoms with Crippen LogP contribution in [0.5, 0.6) is 0 Å².